The highest BCUT2D eigenvalue weighted by molar-refractivity contribution is 5.77. The normalized spacial score (nSPS) is 12.2. The van der Waals surface area contributed by atoms with Gasteiger partial charge in [0.15, 0.2) is 0 Å². The lowest BCUT2D eigenvalue weighted by Crippen LogP contribution is -2.36. The van der Waals surface area contributed by atoms with Crippen molar-refractivity contribution in [2.24, 2.45) is 5.92 Å². The van der Waals surface area contributed by atoms with Crippen LogP contribution in [0.25, 0.3) is 0 Å². The number of nitrogens with zero attached hydrogens (tertiary/aromatic N) is 1. The molecule has 4 heteroatoms. The molecule has 0 aliphatic heterocycles. The molecule has 0 fully saturated rings. The average Bonchev–Trinajstić information content (AvgIpc) is 2.30. The third kappa shape index (κ3) is 6.97. The number of carboxylic acid groups (broad SMARTS) is 1. The molecule has 0 aliphatic carbocycles. The monoisotopic (exact) mass is 243 g/mol. The van der Waals surface area contributed by atoms with E-state index < -0.39 is 11.9 Å². The minimum Gasteiger partial charge on any atom is -0.481 e. The van der Waals surface area contributed by atoms with Crippen LogP contribution in [0.3, 0.4) is 0 Å². The lowest BCUT2D eigenvalue weighted by molar-refractivity contribution is -0.143. The largest absolute Gasteiger partial charge is 0.481 e. The van der Waals surface area contributed by atoms with Crippen LogP contribution in [0.15, 0.2) is 0 Å². The van der Waals surface area contributed by atoms with Gasteiger partial charge in [-0.05, 0) is 13.3 Å². The minimum atomic E-state index is -0.845. The van der Waals surface area contributed by atoms with Gasteiger partial charge in [0.2, 0.25) is 5.91 Å². The van der Waals surface area contributed by atoms with Gasteiger partial charge in [-0.25, -0.2) is 0 Å². The molecule has 0 aliphatic rings. The van der Waals surface area contributed by atoms with Gasteiger partial charge >= 0.3 is 5.97 Å². The molecular formula is C13H25NO3. The Morgan fingerprint density at radius 2 is 1.82 bits per heavy atom. The van der Waals surface area contributed by atoms with E-state index in [1.165, 1.54) is 0 Å². The van der Waals surface area contributed by atoms with Gasteiger partial charge in [0, 0.05) is 19.5 Å². The fourth-order valence-electron chi connectivity index (χ4n) is 1.68. The fraction of sp³-hybridized carbons (Fsp3) is 0.846. The Kier molecular flexibility index (Phi) is 8.46. The third-order valence-electron chi connectivity index (χ3n) is 2.89. The number of hydrogen-bond acceptors (Lipinski definition) is 2. The van der Waals surface area contributed by atoms with Gasteiger partial charge in [-0.15, -0.1) is 0 Å². The number of hydrogen-bond donors (Lipinski definition) is 1. The van der Waals surface area contributed by atoms with Gasteiger partial charge in [0.25, 0.3) is 0 Å². The zero-order valence-corrected chi connectivity index (χ0v) is 11.2. The first-order valence-electron chi connectivity index (χ1n) is 6.53. The highest BCUT2D eigenvalue weighted by atomic mass is 16.4. The summed E-state index contributed by atoms with van der Waals surface area (Å²) in [6.07, 6.45) is 4.84. The molecule has 0 aromatic rings. The van der Waals surface area contributed by atoms with E-state index >= 15 is 0 Å². The van der Waals surface area contributed by atoms with E-state index in [1.807, 2.05) is 6.92 Å². The quantitative estimate of drug-likeness (QED) is 0.633. The van der Waals surface area contributed by atoms with Crippen molar-refractivity contribution >= 4 is 11.9 Å². The molecule has 0 spiro atoms. The smallest absolute Gasteiger partial charge is 0.308 e. The van der Waals surface area contributed by atoms with E-state index in [9.17, 15) is 9.59 Å². The SMILES string of the molecule is CCCCCCC(=O)N(CC)CC(C)C(=O)O. The summed E-state index contributed by atoms with van der Waals surface area (Å²) in [5, 5.41) is 8.82. The highest BCUT2D eigenvalue weighted by Gasteiger charge is 2.18. The predicted octanol–water partition coefficient (Wildman–Crippen LogP) is 2.53. The molecule has 0 radical (unpaired) electrons. The maximum absolute atomic E-state index is 11.8. The minimum absolute atomic E-state index is 0.0803. The van der Waals surface area contributed by atoms with Crippen LogP contribution in [0.5, 0.6) is 0 Å². The Bertz CT molecular complexity index is 241. The van der Waals surface area contributed by atoms with Crippen molar-refractivity contribution in [2.75, 3.05) is 13.1 Å². The number of rotatable bonds is 9. The van der Waals surface area contributed by atoms with E-state index in [2.05, 4.69) is 6.92 Å². The number of carbonyl (C=O) groups excluding carboxylic acids is 1. The standard InChI is InChI=1S/C13H25NO3/c1-4-6-7-8-9-12(15)14(5-2)10-11(3)13(16)17/h11H,4-10H2,1-3H3,(H,16,17). The molecule has 0 rings (SSSR count). The first-order chi connectivity index (χ1) is 8.02. The molecule has 0 aromatic heterocycles. The Balaban J connectivity index is 3.99. The Hall–Kier alpha value is -1.06. The second-order valence-corrected chi connectivity index (χ2v) is 4.48. The summed E-state index contributed by atoms with van der Waals surface area (Å²) in [6.45, 7) is 6.56. The van der Waals surface area contributed by atoms with Crippen LogP contribution in [0.4, 0.5) is 0 Å². The summed E-state index contributed by atoms with van der Waals surface area (Å²) in [7, 11) is 0. The second kappa shape index (κ2) is 9.02. The van der Waals surface area contributed by atoms with Crippen molar-refractivity contribution in [3.63, 3.8) is 0 Å². The van der Waals surface area contributed by atoms with Gasteiger partial charge < -0.3 is 10.0 Å². The van der Waals surface area contributed by atoms with Gasteiger partial charge in [-0.1, -0.05) is 33.1 Å². The van der Waals surface area contributed by atoms with Crippen molar-refractivity contribution in [2.45, 2.75) is 52.9 Å². The van der Waals surface area contributed by atoms with Gasteiger partial charge in [-0.3, -0.25) is 9.59 Å². The molecule has 0 saturated heterocycles. The Morgan fingerprint density at radius 3 is 2.29 bits per heavy atom. The maximum Gasteiger partial charge on any atom is 0.308 e. The predicted molar refractivity (Wildman–Crippen MR) is 67.8 cm³/mol. The van der Waals surface area contributed by atoms with Crippen LogP contribution in [0.1, 0.15) is 52.9 Å². The van der Waals surface area contributed by atoms with Crippen LogP contribution in [0.2, 0.25) is 0 Å². The summed E-state index contributed by atoms with van der Waals surface area (Å²) in [5.74, 6) is -1.26. The molecule has 1 atom stereocenters. The Morgan fingerprint density at radius 1 is 1.18 bits per heavy atom. The summed E-state index contributed by atoms with van der Waals surface area (Å²) < 4.78 is 0. The van der Waals surface area contributed by atoms with E-state index in [1.54, 1.807) is 11.8 Å². The number of aliphatic carboxylic acids is 1. The van der Waals surface area contributed by atoms with Crippen LogP contribution in [-0.4, -0.2) is 35.0 Å². The lowest BCUT2D eigenvalue weighted by atomic mass is 10.1. The summed E-state index contributed by atoms with van der Waals surface area (Å²) in [4.78, 5) is 24.2. The zero-order valence-electron chi connectivity index (χ0n) is 11.2. The van der Waals surface area contributed by atoms with E-state index in [0.717, 1.165) is 25.7 Å². The fourth-order valence-corrected chi connectivity index (χ4v) is 1.68. The van der Waals surface area contributed by atoms with Gasteiger partial charge in [-0.2, -0.15) is 0 Å². The molecule has 0 heterocycles. The molecule has 0 saturated carbocycles. The highest BCUT2D eigenvalue weighted by Crippen LogP contribution is 2.07. The van der Waals surface area contributed by atoms with Crippen molar-refractivity contribution in [3.05, 3.63) is 0 Å². The molecular weight excluding hydrogens is 218 g/mol. The first-order valence-corrected chi connectivity index (χ1v) is 6.53. The van der Waals surface area contributed by atoms with E-state index in [4.69, 9.17) is 5.11 Å². The topological polar surface area (TPSA) is 57.6 Å². The van der Waals surface area contributed by atoms with Gasteiger partial charge in [0.1, 0.15) is 0 Å². The summed E-state index contributed by atoms with van der Waals surface area (Å²) in [5.41, 5.74) is 0. The van der Waals surface area contributed by atoms with Crippen molar-refractivity contribution < 1.29 is 14.7 Å². The first kappa shape index (κ1) is 15.9. The van der Waals surface area contributed by atoms with Gasteiger partial charge in [0.05, 0.1) is 5.92 Å². The maximum atomic E-state index is 11.8. The molecule has 100 valence electrons. The van der Waals surface area contributed by atoms with Crippen molar-refractivity contribution in [3.8, 4) is 0 Å². The zero-order chi connectivity index (χ0) is 13.3. The van der Waals surface area contributed by atoms with Crippen LogP contribution in [-0.2, 0) is 9.59 Å². The molecule has 17 heavy (non-hydrogen) atoms. The van der Waals surface area contributed by atoms with Crippen LogP contribution < -0.4 is 0 Å². The molecule has 4 nitrogen and oxygen atoms in total. The van der Waals surface area contributed by atoms with E-state index in [0.29, 0.717) is 19.5 Å². The lowest BCUT2D eigenvalue weighted by Gasteiger charge is -2.22. The third-order valence-corrected chi connectivity index (χ3v) is 2.89. The number of carbonyl (C=O) groups is 2. The number of unbranched alkanes of at least 4 members (excludes halogenated alkanes) is 3. The van der Waals surface area contributed by atoms with E-state index in [-0.39, 0.29) is 5.91 Å². The number of amides is 1. The molecule has 0 bridgehead atoms. The van der Waals surface area contributed by atoms with Crippen molar-refractivity contribution in [1.82, 2.24) is 4.90 Å². The number of carboxylic acids is 1. The molecule has 1 unspecified atom stereocenters. The van der Waals surface area contributed by atoms with Crippen LogP contribution in [0, 0.1) is 5.92 Å². The summed E-state index contributed by atoms with van der Waals surface area (Å²) in [6, 6.07) is 0. The second-order valence-electron chi connectivity index (χ2n) is 4.48. The van der Waals surface area contributed by atoms with Crippen LogP contribution >= 0.6 is 0 Å². The Labute approximate surface area is 104 Å². The van der Waals surface area contributed by atoms with Crippen molar-refractivity contribution in [1.29, 1.82) is 0 Å². The summed E-state index contributed by atoms with van der Waals surface area (Å²) >= 11 is 0. The average molecular weight is 243 g/mol. The molecule has 1 N–H and O–H groups in total. The molecule has 0 aromatic carbocycles. The molecule has 1 amide bonds.